The second kappa shape index (κ2) is 6.05. The summed E-state index contributed by atoms with van der Waals surface area (Å²) in [5.74, 6) is 1.73. The number of hydrogen-bond acceptors (Lipinski definition) is 2. The summed E-state index contributed by atoms with van der Waals surface area (Å²) in [7, 11) is 1.83. The van der Waals surface area contributed by atoms with Gasteiger partial charge in [0.1, 0.15) is 0 Å². The Balaban J connectivity index is 1.64. The van der Waals surface area contributed by atoms with Crippen molar-refractivity contribution in [3.63, 3.8) is 0 Å². The molecule has 2 atom stereocenters. The molecule has 96 valence electrons. The molecule has 2 N–H and O–H groups in total. The van der Waals surface area contributed by atoms with E-state index in [-0.39, 0.29) is 0 Å². The van der Waals surface area contributed by atoms with E-state index in [4.69, 9.17) is 4.74 Å². The van der Waals surface area contributed by atoms with Crippen LogP contribution in [0.4, 0.5) is 0 Å². The summed E-state index contributed by atoms with van der Waals surface area (Å²) in [6.45, 7) is 4.87. The van der Waals surface area contributed by atoms with Gasteiger partial charge in [-0.25, -0.2) is 0 Å². The Morgan fingerprint density at radius 1 is 1.59 bits per heavy atom. The molecule has 0 saturated heterocycles. The Bertz CT molecular complexity index is 312. The minimum Gasteiger partial charge on any atom is -0.377 e. The van der Waals surface area contributed by atoms with Crippen molar-refractivity contribution in [1.29, 1.82) is 0 Å². The van der Waals surface area contributed by atoms with Crippen molar-refractivity contribution in [1.82, 2.24) is 10.6 Å². The summed E-state index contributed by atoms with van der Waals surface area (Å²) < 4.78 is 5.29. The lowest BCUT2D eigenvalue weighted by atomic mass is 10.1. The van der Waals surface area contributed by atoms with Crippen LogP contribution in [0.5, 0.6) is 0 Å². The van der Waals surface area contributed by atoms with Crippen LogP contribution in [-0.4, -0.2) is 38.8 Å². The first-order chi connectivity index (χ1) is 8.29. The van der Waals surface area contributed by atoms with E-state index in [1.54, 1.807) is 0 Å². The summed E-state index contributed by atoms with van der Waals surface area (Å²) in [5.41, 5.74) is 1.50. The van der Waals surface area contributed by atoms with Gasteiger partial charge in [0.05, 0.1) is 13.2 Å². The van der Waals surface area contributed by atoms with Crippen LogP contribution in [0.15, 0.2) is 16.6 Å². The van der Waals surface area contributed by atoms with Crippen molar-refractivity contribution in [2.24, 2.45) is 10.9 Å². The standard InChI is InChI=1S/C13H23N3O/c1-10-9-12(10)16-13(14-2)15-6-3-11-4-7-17-8-5-11/h4,10,12H,3,5-9H2,1-2H3,(H2,14,15,16). The zero-order valence-corrected chi connectivity index (χ0v) is 10.8. The van der Waals surface area contributed by atoms with Gasteiger partial charge in [0, 0.05) is 19.6 Å². The van der Waals surface area contributed by atoms with Gasteiger partial charge >= 0.3 is 0 Å². The highest BCUT2D eigenvalue weighted by molar-refractivity contribution is 5.80. The van der Waals surface area contributed by atoms with Crippen LogP contribution in [0.1, 0.15) is 26.2 Å². The molecule has 0 spiro atoms. The molecule has 0 aromatic heterocycles. The Labute approximate surface area is 104 Å². The van der Waals surface area contributed by atoms with Crippen molar-refractivity contribution < 1.29 is 4.74 Å². The fourth-order valence-electron chi connectivity index (χ4n) is 2.03. The second-order valence-electron chi connectivity index (χ2n) is 4.90. The lowest BCUT2D eigenvalue weighted by molar-refractivity contribution is 0.153. The monoisotopic (exact) mass is 237 g/mol. The summed E-state index contributed by atoms with van der Waals surface area (Å²) >= 11 is 0. The molecular weight excluding hydrogens is 214 g/mol. The molecule has 1 saturated carbocycles. The predicted molar refractivity (Wildman–Crippen MR) is 70.2 cm³/mol. The maximum atomic E-state index is 5.29. The molecule has 0 aromatic carbocycles. The fraction of sp³-hybridized carbons (Fsp3) is 0.769. The number of nitrogens with one attached hydrogen (secondary N) is 2. The van der Waals surface area contributed by atoms with Gasteiger partial charge in [-0.2, -0.15) is 0 Å². The fourth-order valence-corrected chi connectivity index (χ4v) is 2.03. The van der Waals surface area contributed by atoms with E-state index in [1.807, 2.05) is 7.05 Å². The molecule has 2 rings (SSSR count). The molecule has 2 unspecified atom stereocenters. The highest BCUT2D eigenvalue weighted by Gasteiger charge is 2.33. The minimum absolute atomic E-state index is 0.628. The zero-order valence-electron chi connectivity index (χ0n) is 10.8. The van der Waals surface area contributed by atoms with E-state index in [1.165, 1.54) is 12.0 Å². The second-order valence-corrected chi connectivity index (χ2v) is 4.90. The highest BCUT2D eigenvalue weighted by atomic mass is 16.5. The van der Waals surface area contributed by atoms with Crippen LogP contribution in [0.3, 0.4) is 0 Å². The van der Waals surface area contributed by atoms with Crippen LogP contribution >= 0.6 is 0 Å². The molecular formula is C13H23N3O. The van der Waals surface area contributed by atoms with Gasteiger partial charge in [0.2, 0.25) is 0 Å². The molecule has 0 radical (unpaired) electrons. The largest absolute Gasteiger partial charge is 0.377 e. The quantitative estimate of drug-likeness (QED) is 0.440. The number of guanidine groups is 1. The third-order valence-electron chi connectivity index (χ3n) is 3.45. The molecule has 0 amide bonds. The first kappa shape index (κ1) is 12.4. The summed E-state index contributed by atoms with van der Waals surface area (Å²) in [5, 5.41) is 6.79. The van der Waals surface area contributed by atoms with Gasteiger partial charge in [-0.1, -0.05) is 18.6 Å². The lowest BCUT2D eigenvalue weighted by Crippen LogP contribution is -2.39. The van der Waals surface area contributed by atoms with Gasteiger partial charge in [0.25, 0.3) is 0 Å². The summed E-state index contributed by atoms with van der Waals surface area (Å²) in [6.07, 6.45) is 5.63. The Morgan fingerprint density at radius 2 is 2.41 bits per heavy atom. The van der Waals surface area contributed by atoms with E-state index < -0.39 is 0 Å². The zero-order chi connectivity index (χ0) is 12.1. The Hall–Kier alpha value is -1.03. The predicted octanol–water partition coefficient (Wildman–Crippen LogP) is 1.30. The van der Waals surface area contributed by atoms with E-state index in [0.717, 1.165) is 44.5 Å². The smallest absolute Gasteiger partial charge is 0.191 e. The van der Waals surface area contributed by atoms with Crippen LogP contribution < -0.4 is 10.6 Å². The topological polar surface area (TPSA) is 45.7 Å². The number of nitrogens with zero attached hydrogens (tertiary/aromatic N) is 1. The minimum atomic E-state index is 0.628. The van der Waals surface area contributed by atoms with Gasteiger partial charge in [-0.15, -0.1) is 0 Å². The molecule has 1 heterocycles. The van der Waals surface area contributed by atoms with Crippen LogP contribution in [0.2, 0.25) is 0 Å². The van der Waals surface area contributed by atoms with Crippen molar-refractivity contribution in [3.05, 3.63) is 11.6 Å². The number of ether oxygens (including phenoxy) is 1. The number of rotatable bonds is 4. The normalized spacial score (nSPS) is 28.6. The van der Waals surface area contributed by atoms with Crippen LogP contribution in [-0.2, 0) is 4.74 Å². The maximum Gasteiger partial charge on any atom is 0.191 e. The van der Waals surface area contributed by atoms with Crippen molar-refractivity contribution in [2.75, 3.05) is 26.8 Å². The molecule has 1 aliphatic heterocycles. The Morgan fingerprint density at radius 3 is 3.00 bits per heavy atom. The average Bonchev–Trinajstić information content (AvgIpc) is 3.05. The van der Waals surface area contributed by atoms with Gasteiger partial charge in [-0.05, 0) is 25.2 Å². The third-order valence-corrected chi connectivity index (χ3v) is 3.45. The number of aliphatic imine (C=N–C) groups is 1. The van der Waals surface area contributed by atoms with E-state index in [0.29, 0.717) is 6.04 Å². The summed E-state index contributed by atoms with van der Waals surface area (Å²) in [6, 6.07) is 0.628. The lowest BCUT2D eigenvalue weighted by Gasteiger charge is -2.15. The SMILES string of the molecule is CN=C(NCCC1=CCOCC1)NC1CC1C. The molecule has 4 nitrogen and oxygen atoms in total. The Kier molecular flexibility index (Phi) is 4.42. The number of hydrogen-bond donors (Lipinski definition) is 2. The van der Waals surface area contributed by atoms with Gasteiger partial charge in [0.15, 0.2) is 5.96 Å². The first-order valence-corrected chi connectivity index (χ1v) is 6.52. The van der Waals surface area contributed by atoms with E-state index >= 15 is 0 Å². The maximum absolute atomic E-state index is 5.29. The third kappa shape index (κ3) is 4.04. The first-order valence-electron chi connectivity index (χ1n) is 6.52. The van der Waals surface area contributed by atoms with Gasteiger partial charge < -0.3 is 15.4 Å². The molecule has 17 heavy (non-hydrogen) atoms. The van der Waals surface area contributed by atoms with Crippen molar-refractivity contribution in [3.8, 4) is 0 Å². The molecule has 4 heteroatoms. The van der Waals surface area contributed by atoms with Crippen LogP contribution in [0.25, 0.3) is 0 Å². The molecule has 0 aromatic rings. The molecule has 2 aliphatic rings. The van der Waals surface area contributed by atoms with Crippen molar-refractivity contribution in [2.45, 2.75) is 32.2 Å². The average molecular weight is 237 g/mol. The molecule has 0 bridgehead atoms. The van der Waals surface area contributed by atoms with E-state index in [2.05, 4.69) is 28.6 Å². The van der Waals surface area contributed by atoms with Crippen molar-refractivity contribution >= 4 is 5.96 Å². The summed E-state index contributed by atoms with van der Waals surface area (Å²) in [4.78, 5) is 4.24. The van der Waals surface area contributed by atoms with Crippen LogP contribution in [0, 0.1) is 5.92 Å². The van der Waals surface area contributed by atoms with Gasteiger partial charge in [-0.3, -0.25) is 4.99 Å². The van der Waals surface area contributed by atoms with E-state index in [9.17, 15) is 0 Å². The highest BCUT2D eigenvalue weighted by Crippen LogP contribution is 2.28. The molecule has 1 fully saturated rings. The molecule has 1 aliphatic carbocycles.